The Bertz CT molecular complexity index is 743. The van der Waals surface area contributed by atoms with Gasteiger partial charge < -0.3 is 11.5 Å². The zero-order valence-electron chi connectivity index (χ0n) is 17.3. The van der Waals surface area contributed by atoms with Crippen molar-refractivity contribution in [3.05, 3.63) is 82.9 Å². The predicted molar refractivity (Wildman–Crippen MR) is 122 cm³/mol. The summed E-state index contributed by atoms with van der Waals surface area (Å²) in [4.78, 5) is 0. The number of hydrogen-bond acceptors (Lipinski definition) is 2. The van der Waals surface area contributed by atoms with Crippen LogP contribution < -0.4 is 11.5 Å². The first-order chi connectivity index (χ1) is 13.6. The number of nitrogens with two attached hydrogens (primary N) is 2. The Kier molecular flexibility index (Phi) is 7.24. The van der Waals surface area contributed by atoms with Crippen molar-refractivity contribution in [2.75, 3.05) is 0 Å². The highest BCUT2D eigenvalue weighted by Crippen LogP contribution is 2.34. The second-order valence-corrected chi connectivity index (χ2v) is 7.86. The minimum Gasteiger partial charge on any atom is -0.321 e. The van der Waals surface area contributed by atoms with Crippen LogP contribution in [0.5, 0.6) is 0 Å². The third-order valence-corrected chi connectivity index (χ3v) is 5.65. The van der Waals surface area contributed by atoms with Gasteiger partial charge in [-0.05, 0) is 59.1 Å². The molecule has 0 saturated heterocycles. The first-order valence-corrected chi connectivity index (χ1v) is 10.8. The first kappa shape index (κ1) is 20.6. The fourth-order valence-electron chi connectivity index (χ4n) is 3.95. The molecular weight excluding hydrogens is 340 g/mol. The minimum atomic E-state index is -0.129. The highest BCUT2D eigenvalue weighted by atomic mass is 14.7. The van der Waals surface area contributed by atoms with E-state index in [-0.39, 0.29) is 12.1 Å². The highest BCUT2D eigenvalue weighted by Gasteiger charge is 2.24. The summed E-state index contributed by atoms with van der Waals surface area (Å²) in [7, 11) is 0. The molecule has 0 spiro atoms. The van der Waals surface area contributed by atoms with E-state index in [1.807, 2.05) is 12.2 Å². The Morgan fingerprint density at radius 1 is 0.607 bits per heavy atom. The zero-order valence-corrected chi connectivity index (χ0v) is 17.3. The molecule has 2 heteroatoms. The van der Waals surface area contributed by atoms with Crippen LogP contribution in [0.2, 0.25) is 0 Å². The van der Waals surface area contributed by atoms with E-state index in [9.17, 15) is 0 Å². The lowest BCUT2D eigenvalue weighted by Gasteiger charge is -2.27. The van der Waals surface area contributed by atoms with E-state index >= 15 is 0 Å². The van der Waals surface area contributed by atoms with Crippen molar-refractivity contribution in [3.8, 4) is 0 Å². The maximum absolute atomic E-state index is 6.51. The molecule has 1 aliphatic carbocycles. The maximum Gasteiger partial charge on any atom is 0.0491 e. The number of aryl methyl sites for hydroxylation is 2. The smallest absolute Gasteiger partial charge is 0.0491 e. The molecule has 0 fully saturated rings. The summed E-state index contributed by atoms with van der Waals surface area (Å²) >= 11 is 0. The van der Waals surface area contributed by atoms with E-state index in [1.165, 1.54) is 47.9 Å². The summed E-state index contributed by atoms with van der Waals surface area (Å²) in [6.45, 7) is 4.46. The molecule has 4 N–H and O–H groups in total. The summed E-state index contributed by atoms with van der Waals surface area (Å²) in [5.41, 5.74) is 20.5. The maximum atomic E-state index is 6.51. The molecule has 1 aliphatic rings. The average Bonchev–Trinajstić information content (AvgIpc) is 2.73. The van der Waals surface area contributed by atoms with Crippen molar-refractivity contribution >= 4 is 11.1 Å². The second kappa shape index (κ2) is 9.86. The molecule has 3 rings (SSSR count). The topological polar surface area (TPSA) is 52.0 Å². The SMILES string of the molecule is CCCCc1ccc(C2=C(c3ccc(CCCC)cc3)C(N)C=CC2N)cc1. The van der Waals surface area contributed by atoms with Gasteiger partial charge in [-0.3, -0.25) is 0 Å². The summed E-state index contributed by atoms with van der Waals surface area (Å²) in [5, 5.41) is 0. The monoisotopic (exact) mass is 374 g/mol. The molecule has 2 aromatic carbocycles. The highest BCUT2D eigenvalue weighted by molar-refractivity contribution is 5.97. The van der Waals surface area contributed by atoms with E-state index in [4.69, 9.17) is 11.5 Å². The lowest BCUT2D eigenvalue weighted by molar-refractivity contribution is 0.795. The van der Waals surface area contributed by atoms with Crippen LogP contribution in [0.1, 0.15) is 61.8 Å². The molecule has 28 heavy (non-hydrogen) atoms. The number of rotatable bonds is 8. The predicted octanol–water partition coefficient (Wildman–Crippen LogP) is 5.51. The Labute approximate surface area is 170 Å². The van der Waals surface area contributed by atoms with Gasteiger partial charge >= 0.3 is 0 Å². The van der Waals surface area contributed by atoms with E-state index < -0.39 is 0 Å². The Morgan fingerprint density at radius 3 is 1.29 bits per heavy atom. The third-order valence-electron chi connectivity index (χ3n) is 5.65. The van der Waals surface area contributed by atoms with Gasteiger partial charge in [-0.1, -0.05) is 87.4 Å². The fraction of sp³-hybridized carbons (Fsp3) is 0.385. The summed E-state index contributed by atoms with van der Waals surface area (Å²) in [6.07, 6.45) is 11.2. The van der Waals surface area contributed by atoms with Crippen LogP contribution in [0.4, 0.5) is 0 Å². The van der Waals surface area contributed by atoms with Crippen molar-refractivity contribution in [1.29, 1.82) is 0 Å². The van der Waals surface area contributed by atoms with Crippen molar-refractivity contribution in [2.45, 2.75) is 64.5 Å². The molecule has 0 saturated carbocycles. The third kappa shape index (κ3) is 4.81. The van der Waals surface area contributed by atoms with E-state index in [0.717, 1.165) is 24.0 Å². The Morgan fingerprint density at radius 2 is 0.964 bits per heavy atom. The largest absolute Gasteiger partial charge is 0.321 e. The van der Waals surface area contributed by atoms with Gasteiger partial charge in [-0.2, -0.15) is 0 Å². The van der Waals surface area contributed by atoms with Gasteiger partial charge in [0.15, 0.2) is 0 Å². The van der Waals surface area contributed by atoms with Gasteiger partial charge in [0.1, 0.15) is 0 Å². The van der Waals surface area contributed by atoms with Gasteiger partial charge in [0.2, 0.25) is 0 Å². The van der Waals surface area contributed by atoms with Gasteiger partial charge in [0, 0.05) is 12.1 Å². The van der Waals surface area contributed by atoms with Crippen LogP contribution in [0, 0.1) is 0 Å². The Hall–Kier alpha value is -2.16. The molecule has 148 valence electrons. The van der Waals surface area contributed by atoms with E-state index in [1.54, 1.807) is 0 Å². The lowest BCUT2D eigenvalue weighted by atomic mass is 9.82. The van der Waals surface area contributed by atoms with Crippen LogP contribution in [-0.2, 0) is 12.8 Å². The second-order valence-electron chi connectivity index (χ2n) is 7.86. The van der Waals surface area contributed by atoms with Crippen molar-refractivity contribution in [2.24, 2.45) is 11.5 Å². The molecule has 2 nitrogen and oxygen atoms in total. The summed E-state index contributed by atoms with van der Waals surface area (Å²) < 4.78 is 0. The van der Waals surface area contributed by atoms with Crippen LogP contribution in [0.15, 0.2) is 60.7 Å². The molecule has 0 heterocycles. The molecule has 2 unspecified atom stereocenters. The summed E-state index contributed by atoms with van der Waals surface area (Å²) in [5.74, 6) is 0. The first-order valence-electron chi connectivity index (χ1n) is 10.8. The van der Waals surface area contributed by atoms with Crippen molar-refractivity contribution in [3.63, 3.8) is 0 Å². The standard InChI is InChI=1S/C26H34N2/c1-3-5-7-19-9-13-21(14-10-19)25-23(27)17-18-24(28)26(25)22-15-11-20(12-16-22)8-6-4-2/h9-18,23-24H,3-8,27-28H2,1-2H3. The lowest BCUT2D eigenvalue weighted by Crippen LogP contribution is -2.31. The summed E-state index contributed by atoms with van der Waals surface area (Å²) in [6, 6.07) is 17.5. The molecule has 0 aromatic heterocycles. The van der Waals surface area contributed by atoms with Gasteiger partial charge in [-0.15, -0.1) is 0 Å². The normalized spacial score (nSPS) is 19.3. The van der Waals surface area contributed by atoms with E-state index in [2.05, 4.69) is 62.4 Å². The number of hydrogen-bond donors (Lipinski definition) is 2. The number of unbranched alkanes of at least 4 members (excludes halogenated alkanes) is 2. The van der Waals surface area contributed by atoms with Crippen LogP contribution in [0.25, 0.3) is 11.1 Å². The van der Waals surface area contributed by atoms with E-state index in [0.29, 0.717) is 0 Å². The van der Waals surface area contributed by atoms with Gasteiger partial charge in [0.25, 0.3) is 0 Å². The number of benzene rings is 2. The van der Waals surface area contributed by atoms with Gasteiger partial charge in [0.05, 0.1) is 0 Å². The average molecular weight is 375 g/mol. The Balaban J connectivity index is 1.96. The molecular formula is C26H34N2. The molecule has 0 aliphatic heterocycles. The molecule has 0 bridgehead atoms. The fourth-order valence-corrected chi connectivity index (χ4v) is 3.95. The molecule has 2 atom stereocenters. The minimum absolute atomic E-state index is 0.129. The van der Waals surface area contributed by atoms with Crippen molar-refractivity contribution < 1.29 is 0 Å². The molecule has 0 amide bonds. The van der Waals surface area contributed by atoms with Crippen molar-refractivity contribution in [1.82, 2.24) is 0 Å². The molecule has 0 radical (unpaired) electrons. The van der Waals surface area contributed by atoms with Crippen LogP contribution in [0.3, 0.4) is 0 Å². The van der Waals surface area contributed by atoms with Crippen LogP contribution in [-0.4, -0.2) is 12.1 Å². The van der Waals surface area contributed by atoms with Gasteiger partial charge in [-0.25, -0.2) is 0 Å². The van der Waals surface area contributed by atoms with Crippen LogP contribution >= 0.6 is 0 Å². The quantitative estimate of drug-likeness (QED) is 0.599. The zero-order chi connectivity index (χ0) is 19.9. The molecule has 2 aromatic rings.